The molecular formula is C14H22N2O. The lowest BCUT2D eigenvalue weighted by Crippen LogP contribution is -2.28. The van der Waals surface area contributed by atoms with Gasteiger partial charge in [0.1, 0.15) is 0 Å². The SMILES string of the molecule is Cc1cc(C2CCCN2CC(C)C)c[nH]c1=O. The molecule has 3 heteroatoms. The molecule has 2 heterocycles. The highest BCUT2D eigenvalue weighted by molar-refractivity contribution is 5.21. The van der Waals surface area contributed by atoms with E-state index >= 15 is 0 Å². The van der Waals surface area contributed by atoms with E-state index in [4.69, 9.17) is 0 Å². The van der Waals surface area contributed by atoms with Crippen molar-refractivity contribution in [2.45, 2.75) is 39.7 Å². The Labute approximate surface area is 103 Å². The lowest BCUT2D eigenvalue weighted by atomic mass is 10.0. The first-order valence-corrected chi connectivity index (χ1v) is 6.51. The van der Waals surface area contributed by atoms with E-state index in [1.54, 1.807) is 0 Å². The van der Waals surface area contributed by atoms with Crippen molar-refractivity contribution in [2.24, 2.45) is 5.92 Å². The molecule has 1 aliphatic heterocycles. The molecule has 0 spiro atoms. The van der Waals surface area contributed by atoms with Gasteiger partial charge in [0, 0.05) is 24.3 Å². The molecule has 17 heavy (non-hydrogen) atoms. The van der Waals surface area contributed by atoms with Crippen LogP contribution in [0.3, 0.4) is 0 Å². The molecule has 1 aromatic rings. The van der Waals surface area contributed by atoms with Crippen LogP contribution >= 0.6 is 0 Å². The van der Waals surface area contributed by atoms with Crippen LogP contribution in [-0.4, -0.2) is 23.0 Å². The molecule has 0 saturated carbocycles. The van der Waals surface area contributed by atoms with Crippen LogP contribution in [0.25, 0.3) is 0 Å². The largest absolute Gasteiger partial charge is 0.329 e. The molecule has 1 unspecified atom stereocenters. The van der Waals surface area contributed by atoms with Gasteiger partial charge >= 0.3 is 0 Å². The molecule has 0 amide bonds. The van der Waals surface area contributed by atoms with Crippen molar-refractivity contribution in [1.29, 1.82) is 0 Å². The van der Waals surface area contributed by atoms with E-state index < -0.39 is 0 Å². The summed E-state index contributed by atoms with van der Waals surface area (Å²) >= 11 is 0. The Morgan fingerprint density at radius 2 is 2.29 bits per heavy atom. The number of nitrogens with one attached hydrogen (secondary N) is 1. The summed E-state index contributed by atoms with van der Waals surface area (Å²) in [5, 5.41) is 0. The van der Waals surface area contributed by atoms with Gasteiger partial charge in [-0.05, 0) is 43.9 Å². The van der Waals surface area contributed by atoms with Gasteiger partial charge in [-0.15, -0.1) is 0 Å². The molecule has 94 valence electrons. The van der Waals surface area contributed by atoms with Gasteiger partial charge in [-0.25, -0.2) is 0 Å². The topological polar surface area (TPSA) is 36.1 Å². The van der Waals surface area contributed by atoms with Crippen LogP contribution in [0.15, 0.2) is 17.1 Å². The fourth-order valence-corrected chi connectivity index (χ4v) is 2.70. The van der Waals surface area contributed by atoms with Crippen molar-refractivity contribution in [3.8, 4) is 0 Å². The lowest BCUT2D eigenvalue weighted by Gasteiger charge is -2.26. The zero-order valence-corrected chi connectivity index (χ0v) is 11.0. The van der Waals surface area contributed by atoms with E-state index in [0.29, 0.717) is 12.0 Å². The number of rotatable bonds is 3. The molecule has 0 aliphatic carbocycles. The molecule has 1 aromatic heterocycles. The quantitative estimate of drug-likeness (QED) is 0.872. The Morgan fingerprint density at radius 1 is 1.53 bits per heavy atom. The smallest absolute Gasteiger partial charge is 0.250 e. The summed E-state index contributed by atoms with van der Waals surface area (Å²) in [5.41, 5.74) is 2.11. The fourth-order valence-electron chi connectivity index (χ4n) is 2.70. The summed E-state index contributed by atoms with van der Waals surface area (Å²) in [6.07, 6.45) is 4.35. The normalized spacial score (nSPS) is 21.3. The van der Waals surface area contributed by atoms with E-state index in [0.717, 1.165) is 12.1 Å². The third-order valence-corrected chi connectivity index (χ3v) is 3.46. The predicted molar refractivity (Wildman–Crippen MR) is 70.2 cm³/mol. The van der Waals surface area contributed by atoms with Gasteiger partial charge in [0.15, 0.2) is 0 Å². The van der Waals surface area contributed by atoms with Crippen LogP contribution in [0, 0.1) is 12.8 Å². The number of hydrogen-bond donors (Lipinski definition) is 1. The standard InChI is InChI=1S/C14H22N2O/c1-10(2)9-16-6-4-5-13(16)12-7-11(3)14(17)15-8-12/h7-8,10,13H,4-6,9H2,1-3H3,(H,15,17). The molecule has 1 aliphatic rings. The van der Waals surface area contributed by atoms with Crippen LogP contribution in [0.2, 0.25) is 0 Å². The van der Waals surface area contributed by atoms with Gasteiger partial charge in [0.25, 0.3) is 5.56 Å². The van der Waals surface area contributed by atoms with Crippen molar-refractivity contribution in [1.82, 2.24) is 9.88 Å². The highest BCUT2D eigenvalue weighted by Gasteiger charge is 2.26. The number of hydrogen-bond acceptors (Lipinski definition) is 2. The van der Waals surface area contributed by atoms with Gasteiger partial charge in [0.05, 0.1) is 0 Å². The third kappa shape index (κ3) is 2.78. The highest BCUT2D eigenvalue weighted by Crippen LogP contribution is 2.31. The number of aryl methyl sites for hydroxylation is 1. The van der Waals surface area contributed by atoms with E-state index in [1.165, 1.54) is 24.9 Å². The summed E-state index contributed by atoms with van der Waals surface area (Å²) in [6.45, 7) is 8.72. The van der Waals surface area contributed by atoms with Gasteiger partial charge in [-0.1, -0.05) is 13.8 Å². The first kappa shape index (κ1) is 12.4. The number of aromatic amines is 1. The fraction of sp³-hybridized carbons (Fsp3) is 0.643. The Morgan fingerprint density at radius 3 is 2.94 bits per heavy atom. The monoisotopic (exact) mass is 234 g/mol. The number of nitrogens with zero attached hydrogens (tertiary/aromatic N) is 1. The van der Waals surface area contributed by atoms with E-state index in [1.807, 2.05) is 19.2 Å². The van der Waals surface area contributed by atoms with Crippen LogP contribution in [0.1, 0.15) is 43.9 Å². The van der Waals surface area contributed by atoms with Crippen molar-refractivity contribution >= 4 is 0 Å². The molecule has 1 fully saturated rings. The van der Waals surface area contributed by atoms with Crippen molar-refractivity contribution in [3.63, 3.8) is 0 Å². The minimum atomic E-state index is 0.0298. The molecule has 2 rings (SSSR count). The van der Waals surface area contributed by atoms with E-state index in [9.17, 15) is 4.79 Å². The summed E-state index contributed by atoms with van der Waals surface area (Å²) in [5.74, 6) is 0.694. The maximum absolute atomic E-state index is 11.4. The Balaban J connectivity index is 2.20. The second kappa shape index (κ2) is 5.05. The van der Waals surface area contributed by atoms with E-state index in [-0.39, 0.29) is 5.56 Å². The zero-order chi connectivity index (χ0) is 12.4. The van der Waals surface area contributed by atoms with Crippen LogP contribution < -0.4 is 5.56 Å². The molecule has 1 saturated heterocycles. The van der Waals surface area contributed by atoms with Crippen LogP contribution in [0.4, 0.5) is 0 Å². The third-order valence-electron chi connectivity index (χ3n) is 3.46. The van der Waals surface area contributed by atoms with Gasteiger partial charge in [-0.2, -0.15) is 0 Å². The summed E-state index contributed by atoms with van der Waals surface area (Å²) in [7, 11) is 0. The number of H-pyrrole nitrogens is 1. The second-order valence-electron chi connectivity index (χ2n) is 5.49. The highest BCUT2D eigenvalue weighted by atomic mass is 16.1. The minimum absolute atomic E-state index is 0.0298. The molecule has 0 aromatic carbocycles. The minimum Gasteiger partial charge on any atom is -0.329 e. The number of aromatic nitrogens is 1. The zero-order valence-electron chi connectivity index (χ0n) is 11.0. The Kier molecular flexibility index (Phi) is 3.67. The van der Waals surface area contributed by atoms with Gasteiger partial charge < -0.3 is 4.98 Å². The maximum atomic E-state index is 11.4. The molecule has 0 bridgehead atoms. The Hall–Kier alpha value is -1.09. The van der Waals surface area contributed by atoms with Crippen molar-refractivity contribution in [2.75, 3.05) is 13.1 Å². The maximum Gasteiger partial charge on any atom is 0.250 e. The van der Waals surface area contributed by atoms with Crippen molar-refractivity contribution in [3.05, 3.63) is 33.7 Å². The second-order valence-corrected chi connectivity index (χ2v) is 5.49. The number of pyridine rings is 1. The molecule has 0 radical (unpaired) electrons. The van der Waals surface area contributed by atoms with E-state index in [2.05, 4.69) is 23.7 Å². The first-order valence-electron chi connectivity index (χ1n) is 6.51. The van der Waals surface area contributed by atoms with Crippen molar-refractivity contribution < 1.29 is 0 Å². The molecule has 1 atom stereocenters. The summed E-state index contributed by atoms with van der Waals surface area (Å²) in [4.78, 5) is 16.8. The first-order chi connectivity index (χ1) is 8.08. The average molecular weight is 234 g/mol. The summed E-state index contributed by atoms with van der Waals surface area (Å²) in [6, 6.07) is 2.54. The molecular weight excluding hydrogens is 212 g/mol. The Bertz CT molecular complexity index is 436. The summed E-state index contributed by atoms with van der Waals surface area (Å²) < 4.78 is 0. The molecule has 1 N–H and O–H groups in total. The lowest BCUT2D eigenvalue weighted by molar-refractivity contribution is 0.228. The van der Waals surface area contributed by atoms with Crippen LogP contribution in [-0.2, 0) is 0 Å². The molecule has 3 nitrogen and oxygen atoms in total. The predicted octanol–water partition coefficient (Wildman–Crippen LogP) is 2.48. The average Bonchev–Trinajstić information content (AvgIpc) is 2.69. The number of likely N-dealkylation sites (tertiary alicyclic amines) is 1. The van der Waals surface area contributed by atoms with Crippen LogP contribution in [0.5, 0.6) is 0 Å². The van der Waals surface area contributed by atoms with Gasteiger partial charge in [-0.3, -0.25) is 9.69 Å². The van der Waals surface area contributed by atoms with Gasteiger partial charge in [0.2, 0.25) is 0 Å².